The van der Waals surface area contributed by atoms with Crippen LogP contribution >= 0.6 is 0 Å². The molecule has 5 rings (SSSR count). The van der Waals surface area contributed by atoms with Crippen molar-refractivity contribution < 1.29 is 9.59 Å². The smallest absolute Gasteiger partial charge is 0.269 e. The number of nitrogens with zero attached hydrogens (tertiary/aromatic N) is 2. The SMILES string of the molecule is CCC1c2[nH]ncc2-c2cccc(NC(/C=C(\N)NC(=O)C3CC3)=C(/N)C(=O)NC3CC3)c2N1C. The summed E-state index contributed by atoms with van der Waals surface area (Å²) in [5.74, 6) is -0.348. The van der Waals surface area contributed by atoms with E-state index in [-0.39, 0.29) is 41.3 Å². The van der Waals surface area contributed by atoms with E-state index in [4.69, 9.17) is 11.5 Å². The number of carbonyl (C=O) groups excluding carboxylic acids is 2. The van der Waals surface area contributed by atoms with Gasteiger partial charge in [-0.1, -0.05) is 19.1 Å². The van der Waals surface area contributed by atoms with Crippen molar-refractivity contribution >= 4 is 23.2 Å². The van der Waals surface area contributed by atoms with Crippen molar-refractivity contribution in [2.75, 3.05) is 17.3 Å². The second-order valence-corrected chi connectivity index (χ2v) is 9.50. The Morgan fingerprint density at radius 3 is 2.66 bits per heavy atom. The van der Waals surface area contributed by atoms with Crippen LogP contribution in [0.2, 0.25) is 0 Å². The van der Waals surface area contributed by atoms with Gasteiger partial charge in [-0.25, -0.2) is 0 Å². The van der Waals surface area contributed by atoms with E-state index < -0.39 is 0 Å². The van der Waals surface area contributed by atoms with Gasteiger partial charge in [0, 0.05) is 36.2 Å². The Balaban J connectivity index is 1.52. The molecule has 0 spiro atoms. The summed E-state index contributed by atoms with van der Waals surface area (Å²) in [5.41, 5.74) is 17.7. The number of H-pyrrole nitrogens is 1. The van der Waals surface area contributed by atoms with Crippen molar-refractivity contribution in [2.45, 2.75) is 51.1 Å². The van der Waals surface area contributed by atoms with Crippen LogP contribution in [0.1, 0.15) is 50.8 Å². The third-order valence-corrected chi connectivity index (χ3v) is 6.77. The third kappa shape index (κ3) is 4.55. The highest BCUT2D eigenvalue weighted by Gasteiger charge is 2.32. The molecule has 8 N–H and O–H groups in total. The highest BCUT2D eigenvalue weighted by atomic mass is 16.2. The van der Waals surface area contributed by atoms with Gasteiger partial charge in [0.25, 0.3) is 5.91 Å². The fourth-order valence-electron chi connectivity index (χ4n) is 4.55. The quantitative estimate of drug-likeness (QED) is 0.252. The average Bonchev–Trinajstić information content (AvgIpc) is 3.77. The number of hydrogen-bond acceptors (Lipinski definition) is 7. The number of nitrogens with one attached hydrogen (secondary N) is 4. The van der Waals surface area contributed by atoms with Crippen LogP contribution in [0.15, 0.2) is 47.7 Å². The van der Waals surface area contributed by atoms with Crippen molar-refractivity contribution in [3.63, 3.8) is 0 Å². The molecule has 2 aliphatic carbocycles. The van der Waals surface area contributed by atoms with E-state index in [1.807, 2.05) is 31.4 Å². The fraction of sp³-hybridized carbons (Fsp3) is 0.400. The molecule has 3 aliphatic rings. The zero-order chi connectivity index (χ0) is 24.7. The highest BCUT2D eigenvalue weighted by molar-refractivity contribution is 5.96. The molecule has 10 heteroatoms. The van der Waals surface area contributed by atoms with Crippen LogP contribution in [-0.4, -0.2) is 35.1 Å². The van der Waals surface area contributed by atoms with Crippen molar-refractivity contribution in [1.82, 2.24) is 20.8 Å². The summed E-state index contributed by atoms with van der Waals surface area (Å²) in [6.45, 7) is 2.13. The van der Waals surface area contributed by atoms with E-state index in [1.54, 1.807) is 0 Å². The number of carbonyl (C=O) groups is 2. The molecule has 1 aromatic heterocycles. The fourth-order valence-corrected chi connectivity index (χ4v) is 4.55. The molecule has 2 fully saturated rings. The minimum absolute atomic E-state index is 0.00257. The normalized spacial score (nSPS) is 19.9. The number of benzene rings is 1. The zero-order valence-electron chi connectivity index (χ0n) is 20.0. The van der Waals surface area contributed by atoms with Gasteiger partial charge in [0.05, 0.1) is 35.0 Å². The Morgan fingerprint density at radius 2 is 1.97 bits per heavy atom. The number of anilines is 2. The van der Waals surface area contributed by atoms with Gasteiger partial charge in [-0.3, -0.25) is 14.7 Å². The van der Waals surface area contributed by atoms with Crippen molar-refractivity contribution in [1.29, 1.82) is 0 Å². The number of nitrogens with two attached hydrogens (primary N) is 2. The molecule has 0 bridgehead atoms. The molecule has 10 nitrogen and oxygen atoms in total. The van der Waals surface area contributed by atoms with E-state index in [0.29, 0.717) is 5.70 Å². The number of aromatic nitrogens is 2. The van der Waals surface area contributed by atoms with E-state index in [0.717, 1.165) is 60.3 Å². The lowest BCUT2D eigenvalue weighted by Gasteiger charge is -2.36. The van der Waals surface area contributed by atoms with Crippen molar-refractivity contribution in [3.05, 3.63) is 53.4 Å². The van der Waals surface area contributed by atoms with E-state index >= 15 is 0 Å². The number of rotatable bonds is 8. The standard InChI is InChI=1S/C25H32N8O2/c1-3-19-22-16(12-28-32-22)15-5-4-6-17(23(15)33(19)2)30-18(21(27)25(35)29-14-9-10-14)11-20(26)31-24(34)13-7-8-13/h4-6,11-14,19,30H,3,7-10,26-27H2,1-2H3,(H,28,32)(H,29,35)(H,31,34)/b20-11+,21-18+. The molecular weight excluding hydrogens is 444 g/mol. The second-order valence-electron chi connectivity index (χ2n) is 9.50. The molecule has 184 valence electrons. The van der Waals surface area contributed by atoms with E-state index in [1.165, 1.54) is 6.08 Å². The second kappa shape index (κ2) is 9.01. The average molecular weight is 477 g/mol. The first kappa shape index (κ1) is 22.8. The maximum atomic E-state index is 12.8. The minimum atomic E-state index is -0.366. The Morgan fingerprint density at radius 1 is 1.20 bits per heavy atom. The molecule has 35 heavy (non-hydrogen) atoms. The number of aromatic amines is 1. The first-order valence-corrected chi connectivity index (χ1v) is 12.1. The topological polar surface area (TPSA) is 154 Å². The summed E-state index contributed by atoms with van der Waals surface area (Å²) < 4.78 is 0. The summed E-state index contributed by atoms with van der Waals surface area (Å²) in [4.78, 5) is 27.2. The number of fused-ring (bicyclic) bond motifs is 3. The maximum absolute atomic E-state index is 12.8. The van der Waals surface area contributed by atoms with Crippen LogP contribution < -0.4 is 32.3 Å². The van der Waals surface area contributed by atoms with Crippen molar-refractivity contribution in [3.8, 4) is 11.1 Å². The van der Waals surface area contributed by atoms with Gasteiger partial charge in [-0.15, -0.1) is 0 Å². The molecule has 1 atom stereocenters. The minimum Gasteiger partial charge on any atom is -0.393 e. The number of allylic oxidation sites excluding steroid dienone is 1. The molecule has 2 saturated carbocycles. The van der Waals surface area contributed by atoms with Crippen LogP contribution in [-0.2, 0) is 9.59 Å². The zero-order valence-corrected chi connectivity index (χ0v) is 20.0. The largest absolute Gasteiger partial charge is 0.393 e. The predicted molar refractivity (Wildman–Crippen MR) is 135 cm³/mol. The van der Waals surface area contributed by atoms with Crippen LogP contribution in [0, 0.1) is 5.92 Å². The Hall–Kier alpha value is -3.95. The first-order valence-electron chi connectivity index (χ1n) is 12.1. The number of amides is 2. The van der Waals surface area contributed by atoms with Crippen LogP contribution in [0.3, 0.4) is 0 Å². The monoisotopic (exact) mass is 476 g/mol. The molecule has 1 aromatic carbocycles. The first-order chi connectivity index (χ1) is 16.9. The molecular formula is C25H32N8O2. The van der Waals surface area contributed by atoms with E-state index in [2.05, 4.69) is 38.0 Å². The lowest BCUT2D eigenvalue weighted by molar-refractivity contribution is -0.121. The summed E-state index contributed by atoms with van der Waals surface area (Å²) >= 11 is 0. The van der Waals surface area contributed by atoms with Gasteiger partial charge in [0.2, 0.25) is 5.91 Å². The van der Waals surface area contributed by atoms with Crippen LogP contribution in [0.4, 0.5) is 11.4 Å². The number of para-hydroxylation sites is 1. The van der Waals surface area contributed by atoms with Gasteiger partial charge in [-0.2, -0.15) is 5.10 Å². The van der Waals surface area contributed by atoms with Gasteiger partial charge >= 0.3 is 0 Å². The molecule has 0 radical (unpaired) electrons. The van der Waals surface area contributed by atoms with Gasteiger partial charge in [0.15, 0.2) is 0 Å². The highest BCUT2D eigenvalue weighted by Crippen LogP contribution is 2.47. The molecule has 1 aliphatic heterocycles. The molecule has 2 amide bonds. The Kier molecular flexibility index (Phi) is 5.88. The summed E-state index contributed by atoms with van der Waals surface area (Å²) in [6.07, 6.45) is 7.86. The van der Waals surface area contributed by atoms with Gasteiger partial charge in [-0.05, 0) is 38.2 Å². The van der Waals surface area contributed by atoms with E-state index in [9.17, 15) is 9.59 Å². The molecule has 1 unspecified atom stereocenters. The van der Waals surface area contributed by atoms with Gasteiger partial charge < -0.3 is 32.3 Å². The van der Waals surface area contributed by atoms with Crippen molar-refractivity contribution in [2.24, 2.45) is 17.4 Å². The molecule has 0 saturated heterocycles. The van der Waals surface area contributed by atoms with Gasteiger partial charge in [0.1, 0.15) is 11.5 Å². The number of hydrogen-bond donors (Lipinski definition) is 6. The third-order valence-electron chi connectivity index (χ3n) is 6.77. The summed E-state index contributed by atoms with van der Waals surface area (Å²) in [5, 5.41) is 16.4. The Bertz CT molecular complexity index is 1220. The summed E-state index contributed by atoms with van der Waals surface area (Å²) in [6, 6.07) is 6.19. The van der Waals surface area contributed by atoms with Crippen LogP contribution in [0.25, 0.3) is 11.1 Å². The lowest BCUT2D eigenvalue weighted by Crippen LogP contribution is -2.33. The molecule has 2 aromatic rings. The Labute approximate surface area is 204 Å². The predicted octanol–water partition coefficient (Wildman–Crippen LogP) is 2.16. The molecule has 2 heterocycles. The summed E-state index contributed by atoms with van der Waals surface area (Å²) in [7, 11) is 2.04. The lowest BCUT2D eigenvalue weighted by atomic mass is 9.92. The maximum Gasteiger partial charge on any atom is 0.269 e. The van der Waals surface area contributed by atoms with Crippen LogP contribution in [0.5, 0.6) is 0 Å².